The van der Waals surface area contributed by atoms with Crippen LogP contribution in [0.15, 0.2) is 60.9 Å². The molecule has 0 bridgehead atoms. The van der Waals surface area contributed by atoms with Gasteiger partial charge in [-0.3, -0.25) is 19.5 Å². The zero-order chi connectivity index (χ0) is 20.5. The molecule has 1 fully saturated rings. The number of rotatable bonds is 8. The van der Waals surface area contributed by atoms with E-state index in [-0.39, 0.29) is 23.9 Å². The van der Waals surface area contributed by atoms with Crippen molar-refractivity contribution in [1.82, 2.24) is 20.5 Å². The quantitative estimate of drug-likeness (QED) is 0.677. The minimum Gasteiger partial charge on any atom is -0.352 e. The molecule has 0 aliphatic carbocycles. The number of hydrogen-bond donors (Lipinski definition) is 2. The fourth-order valence-corrected chi connectivity index (χ4v) is 3.59. The summed E-state index contributed by atoms with van der Waals surface area (Å²) in [5, 5.41) is 5.93. The van der Waals surface area contributed by atoms with E-state index >= 15 is 0 Å². The Kier molecular flexibility index (Phi) is 7.53. The summed E-state index contributed by atoms with van der Waals surface area (Å²) in [6, 6.07) is 14.0. The van der Waals surface area contributed by atoms with Gasteiger partial charge in [-0.15, -0.1) is 0 Å². The summed E-state index contributed by atoms with van der Waals surface area (Å²) in [5.74, 6) is -0.0545. The van der Waals surface area contributed by atoms with Gasteiger partial charge in [0, 0.05) is 50.1 Å². The van der Waals surface area contributed by atoms with Gasteiger partial charge in [0.25, 0.3) is 0 Å². The first kappa shape index (κ1) is 20.7. The average molecular weight is 393 g/mol. The molecule has 29 heavy (non-hydrogen) atoms. The van der Waals surface area contributed by atoms with Gasteiger partial charge in [-0.05, 0) is 43.2 Å². The smallest absolute Gasteiger partial charge is 0.244 e. The molecule has 6 heteroatoms. The Bertz CT molecular complexity index is 823. The van der Waals surface area contributed by atoms with Crippen LogP contribution in [0.25, 0.3) is 6.08 Å². The lowest BCUT2D eigenvalue weighted by Gasteiger charge is -2.25. The van der Waals surface area contributed by atoms with Gasteiger partial charge in [-0.1, -0.05) is 36.4 Å². The van der Waals surface area contributed by atoms with Crippen LogP contribution in [0.3, 0.4) is 0 Å². The second-order valence-corrected chi connectivity index (χ2v) is 7.38. The summed E-state index contributed by atoms with van der Waals surface area (Å²) in [5.41, 5.74) is 1.99. The number of nitrogens with one attached hydrogen (secondary N) is 2. The summed E-state index contributed by atoms with van der Waals surface area (Å²) in [6.45, 7) is 1.08. The Morgan fingerprint density at radius 2 is 1.90 bits per heavy atom. The minimum atomic E-state index is -0.0973. The van der Waals surface area contributed by atoms with Gasteiger partial charge in [0.15, 0.2) is 0 Å². The minimum absolute atomic E-state index is 0.0428. The van der Waals surface area contributed by atoms with Crippen LogP contribution in [0.2, 0.25) is 0 Å². The van der Waals surface area contributed by atoms with E-state index in [1.165, 1.54) is 0 Å². The first-order valence-electron chi connectivity index (χ1n) is 10.0. The average Bonchev–Trinajstić information content (AvgIpc) is 3.10. The molecule has 2 aromatic rings. The van der Waals surface area contributed by atoms with Crippen molar-refractivity contribution in [1.29, 1.82) is 0 Å². The van der Waals surface area contributed by atoms with Crippen LogP contribution < -0.4 is 10.6 Å². The molecule has 6 nitrogen and oxygen atoms in total. The number of likely N-dealkylation sites (N-methyl/N-ethyl adjacent to an activating group) is 1. The first-order chi connectivity index (χ1) is 14.1. The molecule has 0 radical (unpaired) electrons. The van der Waals surface area contributed by atoms with E-state index in [2.05, 4.69) is 20.5 Å². The molecule has 0 unspecified atom stereocenters. The first-order valence-corrected chi connectivity index (χ1v) is 10.0. The second kappa shape index (κ2) is 10.5. The topological polar surface area (TPSA) is 74.3 Å². The molecule has 2 heterocycles. The number of amides is 2. The van der Waals surface area contributed by atoms with Crippen molar-refractivity contribution < 1.29 is 9.59 Å². The largest absolute Gasteiger partial charge is 0.352 e. The van der Waals surface area contributed by atoms with E-state index in [1.54, 1.807) is 18.5 Å². The molecule has 2 N–H and O–H groups in total. The highest BCUT2D eigenvalue weighted by atomic mass is 16.2. The highest BCUT2D eigenvalue weighted by Gasteiger charge is 2.31. The van der Waals surface area contributed by atoms with Crippen LogP contribution >= 0.6 is 0 Å². The molecule has 1 aliphatic rings. The molecule has 0 saturated carbocycles. The number of pyridine rings is 1. The lowest BCUT2D eigenvalue weighted by Crippen LogP contribution is -2.42. The van der Waals surface area contributed by atoms with Crippen LogP contribution in [0, 0.1) is 0 Å². The van der Waals surface area contributed by atoms with Crippen LogP contribution in [-0.2, 0) is 16.1 Å². The fourth-order valence-electron chi connectivity index (χ4n) is 3.59. The summed E-state index contributed by atoms with van der Waals surface area (Å²) in [7, 11) is 2.03. The normalized spacial score (nSPS) is 19.3. The number of hydrogen-bond acceptors (Lipinski definition) is 4. The zero-order valence-electron chi connectivity index (χ0n) is 16.8. The fraction of sp³-hybridized carbons (Fsp3) is 0.348. The van der Waals surface area contributed by atoms with Gasteiger partial charge in [0.05, 0.1) is 0 Å². The van der Waals surface area contributed by atoms with Crippen LogP contribution in [0.5, 0.6) is 0 Å². The van der Waals surface area contributed by atoms with Crippen molar-refractivity contribution in [2.24, 2.45) is 0 Å². The third kappa shape index (κ3) is 6.54. The maximum absolute atomic E-state index is 12.3. The molecule has 1 aliphatic heterocycles. The number of benzene rings is 1. The summed E-state index contributed by atoms with van der Waals surface area (Å²) >= 11 is 0. The van der Waals surface area contributed by atoms with Crippen LogP contribution in [-0.4, -0.2) is 47.4 Å². The molecule has 1 aromatic carbocycles. The highest BCUT2D eigenvalue weighted by molar-refractivity contribution is 5.91. The van der Waals surface area contributed by atoms with Crippen molar-refractivity contribution in [3.63, 3.8) is 0 Å². The Morgan fingerprint density at radius 3 is 2.66 bits per heavy atom. The Morgan fingerprint density at radius 1 is 1.10 bits per heavy atom. The Hall–Kier alpha value is -2.99. The second-order valence-electron chi connectivity index (χ2n) is 7.38. The maximum Gasteiger partial charge on any atom is 0.244 e. The maximum atomic E-state index is 12.3. The van der Waals surface area contributed by atoms with E-state index < -0.39 is 0 Å². The van der Waals surface area contributed by atoms with Crippen molar-refractivity contribution >= 4 is 17.9 Å². The predicted molar refractivity (Wildman–Crippen MR) is 114 cm³/mol. The molecule has 2 amide bonds. The molecular formula is C23H28N4O2. The van der Waals surface area contributed by atoms with Crippen LogP contribution in [0.1, 0.15) is 30.4 Å². The SMILES string of the molecule is CN1[C@@H](CC(=O)NCc2cccnc2)CC[C@H]1CNC(=O)/C=C/c1ccccc1. The van der Waals surface area contributed by atoms with E-state index in [0.29, 0.717) is 19.5 Å². The molecule has 1 aromatic heterocycles. The standard InChI is InChI=1S/C23H28N4O2/c1-27-20(14-23(29)25-16-19-8-5-13-24-15-19)10-11-21(27)17-26-22(28)12-9-18-6-3-2-4-7-18/h2-9,12-13,15,20-21H,10-11,14,16-17H2,1H3,(H,25,29)(H,26,28)/b12-9+/t20-,21+/m1/s1. The lowest BCUT2D eigenvalue weighted by atomic mass is 10.1. The number of likely N-dealkylation sites (tertiary alicyclic amines) is 1. The summed E-state index contributed by atoms with van der Waals surface area (Å²) in [4.78, 5) is 30.6. The monoisotopic (exact) mass is 392 g/mol. The van der Waals surface area contributed by atoms with E-state index in [9.17, 15) is 9.59 Å². The van der Waals surface area contributed by atoms with E-state index in [0.717, 1.165) is 24.0 Å². The zero-order valence-corrected chi connectivity index (χ0v) is 16.8. The van der Waals surface area contributed by atoms with Gasteiger partial charge in [0.1, 0.15) is 0 Å². The molecule has 1 saturated heterocycles. The molecule has 152 valence electrons. The number of carbonyl (C=O) groups is 2. The van der Waals surface area contributed by atoms with Gasteiger partial charge in [-0.25, -0.2) is 0 Å². The molecule has 2 atom stereocenters. The molecule has 0 spiro atoms. The van der Waals surface area contributed by atoms with Crippen molar-refractivity contribution in [3.05, 3.63) is 72.1 Å². The molecular weight excluding hydrogens is 364 g/mol. The van der Waals surface area contributed by atoms with Gasteiger partial charge >= 0.3 is 0 Å². The Labute approximate surface area is 172 Å². The number of nitrogens with zero attached hydrogens (tertiary/aromatic N) is 2. The van der Waals surface area contributed by atoms with Crippen molar-refractivity contribution in [2.45, 2.75) is 37.9 Å². The molecule has 3 rings (SSSR count). The van der Waals surface area contributed by atoms with Gasteiger partial charge in [0.2, 0.25) is 11.8 Å². The highest BCUT2D eigenvalue weighted by Crippen LogP contribution is 2.24. The third-order valence-electron chi connectivity index (χ3n) is 5.36. The number of aromatic nitrogens is 1. The lowest BCUT2D eigenvalue weighted by molar-refractivity contribution is -0.122. The third-order valence-corrected chi connectivity index (χ3v) is 5.36. The predicted octanol–water partition coefficient (Wildman–Crippen LogP) is 2.38. The summed E-state index contributed by atoms with van der Waals surface area (Å²) < 4.78 is 0. The van der Waals surface area contributed by atoms with Crippen LogP contribution in [0.4, 0.5) is 0 Å². The van der Waals surface area contributed by atoms with Gasteiger partial charge in [-0.2, -0.15) is 0 Å². The van der Waals surface area contributed by atoms with Gasteiger partial charge < -0.3 is 10.6 Å². The van der Waals surface area contributed by atoms with E-state index in [1.807, 2.05) is 55.6 Å². The Balaban J connectivity index is 1.38. The van der Waals surface area contributed by atoms with Crippen molar-refractivity contribution in [3.8, 4) is 0 Å². The number of carbonyl (C=O) groups excluding carboxylic acids is 2. The van der Waals surface area contributed by atoms with Crippen molar-refractivity contribution in [2.75, 3.05) is 13.6 Å². The van der Waals surface area contributed by atoms with E-state index in [4.69, 9.17) is 0 Å². The summed E-state index contributed by atoms with van der Waals surface area (Å²) in [6.07, 6.45) is 9.24.